The highest BCUT2D eigenvalue weighted by molar-refractivity contribution is 6.04. The number of benzene rings is 1. The molecule has 0 aromatic heterocycles. The number of hydrogen-bond acceptors (Lipinski definition) is 4. The second-order valence-corrected chi connectivity index (χ2v) is 6.69. The third kappa shape index (κ3) is 4.78. The number of imide groups is 1. The Morgan fingerprint density at radius 3 is 2.58 bits per heavy atom. The van der Waals surface area contributed by atoms with Crippen molar-refractivity contribution < 1.29 is 18.8 Å². The number of carbonyl (C=O) groups excluding carboxylic acids is 3. The molecule has 1 aromatic rings. The smallest absolute Gasteiger partial charge is 0.322 e. The van der Waals surface area contributed by atoms with Crippen LogP contribution >= 0.6 is 0 Å². The molecule has 1 aromatic carbocycles. The molecule has 2 fully saturated rings. The van der Waals surface area contributed by atoms with Gasteiger partial charge in [-0.1, -0.05) is 12.1 Å². The molecule has 2 heterocycles. The fourth-order valence-corrected chi connectivity index (χ4v) is 3.31. The van der Waals surface area contributed by atoms with E-state index in [0.717, 1.165) is 31.6 Å². The van der Waals surface area contributed by atoms with Gasteiger partial charge in [-0.3, -0.25) is 19.8 Å². The number of amides is 4. The Kier molecular flexibility index (Phi) is 5.82. The van der Waals surface area contributed by atoms with Gasteiger partial charge in [0.2, 0.25) is 5.91 Å². The fraction of sp³-hybridized carbons (Fsp3) is 0.500. The molecule has 0 spiro atoms. The van der Waals surface area contributed by atoms with Crippen molar-refractivity contribution in [2.24, 2.45) is 0 Å². The first-order valence-corrected chi connectivity index (χ1v) is 8.87. The second kappa shape index (κ2) is 8.27. The molecule has 2 saturated heterocycles. The molecule has 7 nitrogen and oxygen atoms in total. The summed E-state index contributed by atoms with van der Waals surface area (Å²) in [5.41, 5.74) is 1.05. The van der Waals surface area contributed by atoms with Gasteiger partial charge in [0.25, 0.3) is 5.91 Å². The van der Waals surface area contributed by atoms with E-state index in [2.05, 4.69) is 15.5 Å². The number of nitrogens with one attached hydrogen (secondary N) is 2. The van der Waals surface area contributed by atoms with Crippen LogP contribution in [0.25, 0.3) is 0 Å². The van der Waals surface area contributed by atoms with E-state index >= 15 is 0 Å². The summed E-state index contributed by atoms with van der Waals surface area (Å²) in [6.07, 6.45) is 1.41. The minimum Gasteiger partial charge on any atom is -0.341 e. The van der Waals surface area contributed by atoms with Gasteiger partial charge in [0.05, 0.1) is 0 Å². The molecule has 2 aliphatic heterocycles. The summed E-state index contributed by atoms with van der Waals surface area (Å²) >= 11 is 0. The summed E-state index contributed by atoms with van der Waals surface area (Å²) in [4.78, 5) is 39.1. The minimum absolute atomic E-state index is 0.00239. The first-order valence-electron chi connectivity index (χ1n) is 8.87. The van der Waals surface area contributed by atoms with Crippen molar-refractivity contribution in [3.05, 3.63) is 35.6 Å². The van der Waals surface area contributed by atoms with Gasteiger partial charge in [0.1, 0.15) is 11.9 Å². The normalized spacial score (nSPS) is 21.3. The van der Waals surface area contributed by atoms with Crippen molar-refractivity contribution in [3.8, 4) is 0 Å². The lowest BCUT2D eigenvalue weighted by Crippen LogP contribution is -2.37. The molecular weight excluding hydrogens is 339 g/mol. The van der Waals surface area contributed by atoms with Crippen LogP contribution in [0, 0.1) is 5.82 Å². The third-order valence-corrected chi connectivity index (χ3v) is 4.77. The van der Waals surface area contributed by atoms with Gasteiger partial charge in [-0.2, -0.15) is 0 Å². The average molecular weight is 362 g/mol. The van der Waals surface area contributed by atoms with Crippen molar-refractivity contribution in [2.75, 3.05) is 26.2 Å². The van der Waals surface area contributed by atoms with Crippen LogP contribution in [0.2, 0.25) is 0 Å². The molecule has 4 amide bonds. The number of urea groups is 1. The van der Waals surface area contributed by atoms with Gasteiger partial charge in [-0.15, -0.1) is 0 Å². The predicted molar refractivity (Wildman–Crippen MR) is 92.6 cm³/mol. The van der Waals surface area contributed by atoms with E-state index in [1.54, 1.807) is 12.1 Å². The molecule has 0 unspecified atom stereocenters. The number of nitrogens with zero attached hydrogens (tertiary/aromatic N) is 2. The van der Waals surface area contributed by atoms with Crippen molar-refractivity contribution in [3.63, 3.8) is 0 Å². The van der Waals surface area contributed by atoms with Gasteiger partial charge in [-0.05, 0) is 30.5 Å². The monoisotopic (exact) mass is 362 g/mol. The molecule has 0 aliphatic carbocycles. The number of carbonyl (C=O) groups is 3. The zero-order valence-corrected chi connectivity index (χ0v) is 14.5. The highest BCUT2D eigenvalue weighted by Gasteiger charge is 2.30. The maximum Gasteiger partial charge on any atom is 0.322 e. The number of rotatable bonds is 5. The highest BCUT2D eigenvalue weighted by atomic mass is 19.1. The lowest BCUT2D eigenvalue weighted by Gasteiger charge is -2.22. The summed E-state index contributed by atoms with van der Waals surface area (Å²) in [5, 5.41) is 4.68. The average Bonchev–Trinajstić information content (AvgIpc) is 2.81. The second-order valence-electron chi connectivity index (χ2n) is 6.69. The van der Waals surface area contributed by atoms with E-state index < -0.39 is 12.1 Å². The zero-order valence-electron chi connectivity index (χ0n) is 14.5. The van der Waals surface area contributed by atoms with E-state index in [-0.39, 0.29) is 24.1 Å². The van der Waals surface area contributed by atoms with Crippen LogP contribution in [0.3, 0.4) is 0 Å². The summed E-state index contributed by atoms with van der Waals surface area (Å²) in [7, 11) is 0. The first kappa shape index (κ1) is 18.3. The molecular formula is C18H23FN4O3. The molecule has 0 radical (unpaired) electrons. The van der Waals surface area contributed by atoms with E-state index in [4.69, 9.17) is 0 Å². The molecule has 0 bridgehead atoms. The lowest BCUT2D eigenvalue weighted by molar-refractivity contribution is -0.131. The predicted octanol–water partition coefficient (Wildman–Crippen LogP) is 0.848. The Balaban J connectivity index is 1.45. The summed E-state index contributed by atoms with van der Waals surface area (Å²) in [6, 6.07) is 5.36. The summed E-state index contributed by atoms with van der Waals surface area (Å²) in [6.45, 7) is 3.67. The van der Waals surface area contributed by atoms with Crippen LogP contribution in [0.1, 0.15) is 24.8 Å². The highest BCUT2D eigenvalue weighted by Crippen LogP contribution is 2.12. The number of hydrogen-bond donors (Lipinski definition) is 2. The van der Waals surface area contributed by atoms with E-state index in [1.807, 2.05) is 4.90 Å². The molecule has 2 aliphatic rings. The van der Waals surface area contributed by atoms with Crippen molar-refractivity contribution in [2.45, 2.75) is 31.8 Å². The molecule has 0 saturated carbocycles. The maximum atomic E-state index is 13.0. The van der Waals surface area contributed by atoms with Crippen LogP contribution in [0.5, 0.6) is 0 Å². The third-order valence-electron chi connectivity index (χ3n) is 4.77. The Bertz CT molecular complexity index is 680. The van der Waals surface area contributed by atoms with Gasteiger partial charge in [0, 0.05) is 39.1 Å². The molecule has 2 N–H and O–H groups in total. The molecule has 26 heavy (non-hydrogen) atoms. The molecule has 8 heteroatoms. The Morgan fingerprint density at radius 1 is 1.12 bits per heavy atom. The van der Waals surface area contributed by atoms with Crippen molar-refractivity contribution >= 4 is 17.8 Å². The minimum atomic E-state index is -0.617. The van der Waals surface area contributed by atoms with Gasteiger partial charge < -0.3 is 10.2 Å². The summed E-state index contributed by atoms with van der Waals surface area (Å²) < 4.78 is 13.0. The van der Waals surface area contributed by atoms with Gasteiger partial charge >= 0.3 is 6.03 Å². The Morgan fingerprint density at radius 2 is 1.88 bits per heavy atom. The zero-order chi connectivity index (χ0) is 18.5. The Labute approximate surface area is 151 Å². The largest absolute Gasteiger partial charge is 0.341 e. The molecule has 1 atom stereocenters. The first-order chi connectivity index (χ1) is 12.5. The van der Waals surface area contributed by atoms with E-state index in [0.29, 0.717) is 19.5 Å². The Hall–Kier alpha value is -2.48. The molecule has 3 rings (SSSR count). The number of halogens is 1. The summed E-state index contributed by atoms with van der Waals surface area (Å²) in [5.74, 6) is -0.611. The maximum absolute atomic E-state index is 13.0. The standard InChI is InChI=1S/C18H23FN4O3/c19-14-4-2-13(3-5-14)12-22-8-1-9-23(11-10-22)16(24)7-6-15-17(25)21-18(26)20-15/h2-5,15H,1,6-12H2,(H2,20,21,25,26)/t15-/m0/s1. The molecule has 140 valence electrons. The SMILES string of the molecule is O=C1NC(=O)[C@H](CCC(=O)N2CCCN(Cc3ccc(F)cc3)CC2)N1. The van der Waals surface area contributed by atoms with Crippen LogP contribution < -0.4 is 10.6 Å². The van der Waals surface area contributed by atoms with E-state index in [9.17, 15) is 18.8 Å². The van der Waals surface area contributed by atoms with Gasteiger partial charge in [-0.25, -0.2) is 9.18 Å². The van der Waals surface area contributed by atoms with Crippen molar-refractivity contribution in [1.82, 2.24) is 20.4 Å². The fourth-order valence-electron chi connectivity index (χ4n) is 3.31. The van der Waals surface area contributed by atoms with Gasteiger partial charge in [0.15, 0.2) is 0 Å². The van der Waals surface area contributed by atoms with Crippen molar-refractivity contribution in [1.29, 1.82) is 0 Å². The lowest BCUT2D eigenvalue weighted by atomic mass is 10.1. The quantitative estimate of drug-likeness (QED) is 0.761. The van der Waals surface area contributed by atoms with Crippen LogP contribution in [0.4, 0.5) is 9.18 Å². The topological polar surface area (TPSA) is 81.8 Å². The van der Waals surface area contributed by atoms with E-state index in [1.165, 1.54) is 12.1 Å². The van der Waals surface area contributed by atoms with Crippen LogP contribution in [0.15, 0.2) is 24.3 Å². The van der Waals surface area contributed by atoms with Crippen LogP contribution in [-0.2, 0) is 16.1 Å². The van der Waals surface area contributed by atoms with Crippen LogP contribution in [-0.4, -0.2) is 59.9 Å².